The van der Waals surface area contributed by atoms with Crippen LogP contribution in [-0.2, 0) is 0 Å². The first-order valence-corrected chi connectivity index (χ1v) is 5.83. The van der Waals surface area contributed by atoms with Crippen molar-refractivity contribution in [3.8, 4) is 6.07 Å². The highest BCUT2D eigenvalue weighted by Gasteiger charge is 2.31. The van der Waals surface area contributed by atoms with Crippen LogP contribution in [0.5, 0.6) is 0 Å². The Morgan fingerprint density at radius 1 is 1.43 bits per heavy atom. The lowest BCUT2D eigenvalue weighted by Gasteiger charge is -2.28. The van der Waals surface area contributed by atoms with E-state index < -0.39 is 0 Å². The van der Waals surface area contributed by atoms with Gasteiger partial charge in [0.05, 0.1) is 12.0 Å². The standard InChI is InChI=1S/C12H22N2/c1-3-12(6-4-5-7-12)10-14-9-11(2)8-13/h11,14H,3-7,9-10H2,1-2H3. The van der Waals surface area contributed by atoms with Gasteiger partial charge in [-0.2, -0.15) is 5.26 Å². The summed E-state index contributed by atoms with van der Waals surface area (Å²) >= 11 is 0. The van der Waals surface area contributed by atoms with Gasteiger partial charge in [0.1, 0.15) is 0 Å². The molecule has 80 valence electrons. The van der Waals surface area contributed by atoms with Crippen LogP contribution < -0.4 is 5.32 Å². The second-order valence-electron chi connectivity index (χ2n) is 4.72. The van der Waals surface area contributed by atoms with Gasteiger partial charge in [0.25, 0.3) is 0 Å². The number of hydrogen-bond donors (Lipinski definition) is 1. The Bertz CT molecular complexity index is 199. The van der Waals surface area contributed by atoms with Crippen molar-refractivity contribution in [2.24, 2.45) is 11.3 Å². The molecule has 1 unspecified atom stereocenters. The molecule has 0 amide bonds. The Kier molecular flexibility index (Phi) is 4.41. The number of nitrogens with zero attached hydrogens (tertiary/aromatic N) is 1. The van der Waals surface area contributed by atoms with Crippen molar-refractivity contribution in [2.45, 2.75) is 46.0 Å². The molecule has 1 saturated carbocycles. The van der Waals surface area contributed by atoms with E-state index >= 15 is 0 Å². The topological polar surface area (TPSA) is 35.8 Å². The second-order valence-corrected chi connectivity index (χ2v) is 4.72. The maximum absolute atomic E-state index is 8.66. The summed E-state index contributed by atoms with van der Waals surface area (Å²) in [5, 5.41) is 12.1. The van der Waals surface area contributed by atoms with E-state index in [1.807, 2.05) is 6.92 Å². The molecule has 1 aliphatic rings. The van der Waals surface area contributed by atoms with Gasteiger partial charge in [-0.05, 0) is 31.6 Å². The lowest BCUT2D eigenvalue weighted by molar-refractivity contribution is 0.266. The summed E-state index contributed by atoms with van der Waals surface area (Å²) in [6.07, 6.45) is 6.81. The molecule has 0 aliphatic heterocycles. The molecule has 1 fully saturated rings. The van der Waals surface area contributed by atoms with Crippen molar-refractivity contribution in [1.29, 1.82) is 5.26 Å². The first-order chi connectivity index (χ1) is 6.72. The molecular formula is C12H22N2. The van der Waals surface area contributed by atoms with Crippen molar-refractivity contribution in [1.82, 2.24) is 5.32 Å². The highest BCUT2D eigenvalue weighted by atomic mass is 14.9. The lowest BCUT2D eigenvalue weighted by atomic mass is 9.83. The fourth-order valence-corrected chi connectivity index (χ4v) is 2.38. The van der Waals surface area contributed by atoms with E-state index in [9.17, 15) is 0 Å². The van der Waals surface area contributed by atoms with Gasteiger partial charge in [-0.1, -0.05) is 19.8 Å². The van der Waals surface area contributed by atoms with Crippen LogP contribution in [0, 0.1) is 22.7 Å². The number of rotatable bonds is 5. The molecule has 0 aromatic heterocycles. The molecule has 0 aromatic carbocycles. The fourth-order valence-electron chi connectivity index (χ4n) is 2.38. The van der Waals surface area contributed by atoms with Gasteiger partial charge in [0.2, 0.25) is 0 Å². The SMILES string of the molecule is CCC1(CNCC(C)C#N)CCCC1. The maximum atomic E-state index is 8.66. The normalized spacial score (nSPS) is 21.8. The monoisotopic (exact) mass is 194 g/mol. The molecule has 0 aromatic rings. The van der Waals surface area contributed by atoms with Crippen LogP contribution in [0.25, 0.3) is 0 Å². The largest absolute Gasteiger partial charge is 0.315 e. The molecule has 1 atom stereocenters. The quantitative estimate of drug-likeness (QED) is 0.730. The van der Waals surface area contributed by atoms with Crippen LogP contribution in [0.3, 0.4) is 0 Å². The molecule has 14 heavy (non-hydrogen) atoms. The zero-order valence-corrected chi connectivity index (χ0v) is 9.47. The lowest BCUT2D eigenvalue weighted by Crippen LogP contribution is -2.33. The zero-order chi connectivity index (χ0) is 10.4. The third kappa shape index (κ3) is 2.99. The number of nitrogens with one attached hydrogen (secondary N) is 1. The van der Waals surface area contributed by atoms with Crippen LogP contribution >= 0.6 is 0 Å². The van der Waals surface area contributed by atoms with Gasteiger partial charge in [-0.25, -0.2) is 0 Å². The van der Waals surface area contributed by atoms with Crippen LogP contribution in [0.1, 0.15) is 46.0 Å². The molecule has 1 aliphatic carbocycles. The molecule has 0 heterocycles. The predicted octanol–water partition coefficient (Wildman–Crippen LogP) is 2.71. The molecule has 0 bridgehead atoms. The van der Waals surface area contributed by atoms with E-state index in [1.54, 1.807) is 0 Å². The summed E-state index contributed by atoms with van der Waals surface area (Å²) in [6.45, 7) is 6.22. The molecule has 2 nitrogen and oxygen atoms in total. The number of hydrogen-bond acceptors (Lipinski definition) is 2. The van der Waals surface area contributed by atoms with Gasteiger partial charge in [0.15, 0.2) is 0 Å². The first-order valence-electron chi connectivity index (χ1n) is 5.83. The van der Waals surface area contributed by atoms with Gasteiger partial charge in [-0.15, -0.1) is 0 Å². The van der Waals surface area contributed by atoms with Crippen molar-refractivity contribution in [3.63, 3.8) is 0 Å². The molecule has 1 N–H and O–H groups in total. The highest BCUT2D eigenvalue weighted by Crippen LogP contribution is 2.40. The first kappa shape index (κ1) is 11.5. The molecule has 1 rings (SSSR count). The molecule has 0 radical (unpaired) electrons. The minimum absolute atomic E-state index is 0.144. The minimum atomic E-state index is 0.144. The maximum Gasteiger partial charge on any atom is 0.0666 e. The van der Waals surface area contributed by atoms with E-state index in [4.69, 9.17) is 5.26 Å². The second kappa shape index (κ2) is 5.36. The van der Waals surface area contributed by atoms with Crippen LogP contribution in [0.2, 0.25) is 0 Å². The highest BCUT2D eigenvalue weighted by molar-refractivity contribution is 4.87. The predicted molar refractivity (Wildman–Crippen MR) is 58.8 cm³/mol. The average molecular weight is 194 g/mol. The Balaban J connectivity index is 2.25. The van der Waals surface area contributed by atoms with Crippen LogP contribution in [0.15, 0.2) is 0 Å². The number of nitriles is 1. The summed E-state index contributed by atoms with van der Waals surface area (Å²) in [5.74, 6) is 0.144. The van der Waals surface area contributed by atoms with Crippen molar-refractivity contribution < 1.29 is 0 Å². The minimum Gasteiger partial charge on any atom is -0.315 e. The Morgan fingerprint density at radius 2 is 2.07 bits per heavy atom. The van der Waals surface area contributed by atoms with Gasteiger partial charge >= 0.3 is 0 Å². The smallest absolute Gasteiger partial charge is 0.0666 e. The Hall–Kier alpha value is -0.550. The Morgan fingerprint density at radius 3 is 2.57 bits per heavy atom. The summed E-state index contributed by atoms with van der Waals surface area (Å²) < 4.78 is 0. The van der Waals surface area contributed by atoms with Crippen molar-refractivity contribution in [2.75, 3.05) is 13.1 Å². The van der Waals surface area contributed by atoms with Gasteiger partial charge in [-0.3, -0.25) is 0 Å². The van der Waals surface area contributed by atoms with E-state index in [2.05, 4.69) is 18.3 Å². The molecule has 0 spiro atoms. The summed E-state index contributed by atoms with van der Waals surface area (Å²) in [5.41, 5.74) is 0.551. The third-order valence-corrected chi connectivity index (χ3v) is 3.59. The summed E-state index contributed by atoms with van der Waals surface area (Å²) in [6, 6.07) is 2.26. The van der Waals surface area contributed by atoms with Gasteiger partial charge < -0.3 is 5.32 Å². The molecule has 0 saturated heterocycles. The third-order valence-electron chi connectivity index (χ3n) is 3.59. The van der Waals surface area contributed by atoms with Crippen molar-refractivity contribution in [3.05, 3.63) is 0 Å². The molecular weight excluding hydrogens is 172 g/mol. The summed E-state index contributed by atoms with van der Waals surface area (Å²) in [4.78, 5) is 0. The zero-order valence-electron chi connectivity index (χ0n) is 9.47. The van der Waals surface area contributed by atoms with Crippen LogP contribution in [-0.4, -0.2) is 13.1 Å². The van der Waals surface area contributed by atoms with E-state index in [-0.39, 0.29) is 5.92 Å². The van der Waals surface area contributed by atoms with E-state index in [0.717, 1.165) is 13.1 Å². The Labute approximate surface area is 87.7 Å². The van der Waals surface area contributed by atoms with E-state index in [0.29, 0.717) is 5.41 Å². The fraction of sp³-hybridized carbons (Fsp3) is 0.917. The summed E-state index contributed by atoms with van der Waals surface area (Å²) in [7, 11) is 0. The average Bonchev–Trinajstić information content (AvgIpc) is 2.67. The van der Waals surface area contributed by atoms with Crippen molar-refractivity contribution >= 4 is 0 Å². The molecule has 2 heteroatoms. The van der Waals surface area contributed by atoms with E-state index in [1.165, 1.54) is 32.1 Å². The van der Waals surface area contributed by atoms with Crippen LogP contribution in [0.4, 0.5) is 0 Å². The van der Waals surface area contributed by atoms with Gasteiger partial charge in [0, 0.05) is 13.1 Å².